The molecule has 14 heavy (non-hydrogen) atoms. The van der Waals surface area contributed by atoms with Gasteiger partial charge >= 0.3 is 0 Å². The predicted molar refractivity (Wildman–Crippen MR) is 62.3 cm³/mol. The molecule has 0 aromatic carbocycles. The van der Waals surface area contributed by atoms with Gasteiger partial charge in [0.1, 0.15) is 0 Å². The normalized spacial score (nSPS) is 24.3. The lowest BCUT2D eigenvalue weighted by atomic mass is 9.82. The summed E-state index contributed by atoms with van der Waals surface area (Å²) >= 11 is 0. The molecule has 0 heterocycles. The van der Waals surface area contributed by atoms with E-state index < -0.39 is 0 Å². The van der Waals surface area contributed by atoms with Crippen LogP contribution in [0.1, 0.15) is 38.5 Å². The summed E-state index contributed by atoms with van der Waals surface area (Å²) in [6.07, 6.45) is 9.67. The van der Waals surface area contributed by atoms with E-state index in [4.69, 9.17) is 5.73 Å². The summed E-state index contributed by atoms with van der Waals surface area (Å²) in [5.74, 6) is 0. The Bertz CT molecular complexity index is 179. The maximum atomic E-state index is 6.19. The summed E-state index contributed by atoms with van der Waals surface area (Å²) in [7, 11) is 4.30. The van der Waals surface area contributed by atoms with Gasteiger partial charge in [-0.25, -0.2) is 0 Å². The Balaban J connectivity index is 2.82. The van der Waals surface area contributed by atoms with Crippen LogP contribution >= 0.6 is 0 Å². The molecule has 2 heteroatoms. The number of rotatable bonds is 3. The molecule has 82 valence electrons. The maximum Gasteiger partial charge on any atom is 0.0408 e. The van der Waals surface area contributed by atoms with Crippen LogP contribution < -0.4 is 5.73 Å². The van der Waals surface area contributed by atoms with Crippen LogP contribution in [0.2, 0.25) is 0 Å². The lowest BCUT2D eigenvalue weighted by Gasteiger charge is -2.43. The van der Waals surface area contributed by atoms with Gasteiger partial charge in [0.25, 0.3) is 0 Å². The van der Waals surface area contributed by atoms with E-state index in [2.05, 4.69) is 25.6 Å². The first kappa shape index (κ1) is 11.7. The fourth-order valence-electron chi connectivity index (χ4n) is 2.64. The summed E-state index contributed by atoms with van der Waals surface area (Å²) in [4.78, 5) is 2.31. The average Bonchev–Trinajstić information content (AvgIpc) is 2.42. The minimum Gasteiger partial charge on any atom is -0.323 e. The second-order valence-electron chi connectivity index (χ2n) is 4.67. The summed E-state index contributed by atoms with van der Waals surface area (Å²) < 4.78 is 0. The van der Waals surface area contributed by atoms with E-state index in [-0.39, 0.29) is 11.6 Å². The average molecular weight is 196 g/mol. The van der Waals surface area contributed by atoms with Crippen LogP contribution in [0.3, 0.4) is 0 Å². The minimum absolute atomic E-state index is 0.107. The standard InChI is InChI=1S/C12H24N2/c1-4-11(13)12(14(2)3)9-7-5-6-8-10-12/h4,11H,1,5-10,13H2,2-3H3. The zero-order valence-electron chi connectivity index (χ0n) is 9.63. The molecule has 0 aromatic rings. The first-order chi connectivity index (χ1) is 6.63. The third-order valence-corrected chi connectivity index (χ3v) is 3.73. The van der Waals surface area contributed by atoms with Crippen molar-refractivity contribution < 1.29 is 0 Å². The molecule has 0 amide bonds. The van der Waals surface area contributed by atoms with Crippen molar-refractivity contribution in [1.29, 1.82) is 0 Å². The highest BCUT2D eigenvalue weighted by atomic mass is 15.2. The topological polar surface area (TPSA) is 29.3 Å². The molecule has 1 aliphatic carbocycles. The van der Waals surface area contributed by atoms with E-state index in [1.165, 1.54) is 38.5 Å². The van der Waals surface area contributed by atoms with Crippen LogP contribution in [0, 0.1) is 0 Å². The van der Waals surface area contributed by atoms with Crippen LogP contribution in [-0.4, -0.2) is 30.6 Å². The van der Waals surface area contributed by atoms with E-state index in [1.807, 2.05) is 6.08 Å². The largest absolute Gasteiger partial charge is 0.323 e. The Labute approximate surface area is 88.2 Å². The highest BCUT2D eigenvalue weighted by Gasteiger charge is 2.37. The quantitative estimate of drug-likeness (QED) is 0.553. The van der Waals surface area contributed by atoms with E-state index >= 15 is 0 Å². The van der Waals surface area contributed by atoms with Crippen molar-refractivity contribution in [3.05, 3.63) is 12.7 Å². The molecule has 1 atom stereocenters. The van der Waals surface area contributed by atoms with E-state index in [9.17, 15) is 0 Å². The van der Waals surface area contributed by atoms with Gasteiger partial charge in [-0.1, -0.05) is 31.8 Å². The van der Waals surface area contributed by atoms with E-state index in [1.54, 1.807) is 0 Å². The van der Waals surface area contributed by atoms with E-state index in [0.29, 0.717) is 0 Å². The zero-order valence-corrected chi connectivity index (χ0v) is 9.63. The first-order valence-corrected chi connectivity index (χ1v) is 5.69. The molecule has 2 N–H and O–H groups in total. The SMILES string of the molecule is C=CC(N)C1(N(C)C)CCCCCC1. The first-order valence-electron chi connectivity index (χ1n) is 5.69. The Morgan fingerprint density at radius 3 is 2.07 bits per heavy atom. The van der Waals surface area contributed by atoms with Gasteiger partial charge < -0.3 is 10.6 Å². The van der Waals surface area contributed by atoms with Gasteiger partial charge in [-0.05, 0) is 26.9 Å². The molecule has 1 saturated carbocycles. The van der Waals surface area contributed by atoms with Gasteiger partial charge in [0.2, 0.25) is 0 Å². The van der Waals surface area contributed by atoms with E-state index in [0.717, 1.165) is 0 Å². The van der Waals surface area contributed by atoms with Crippen molar-refractivity contribution in [3.8, 4) is 0 Å². The monoisotopic (exact) mass is 196 g/mol. The van der Waals surface area contributed by atoms with Gasteiger partial charge in [-0.3, -0.25) is 0 Å². The fraction of sp³-hybridized carbons (Fsp3) is 0.833. The number of nitrogens with two attached hydrogens (primary N) is 1. The zero-order chi connectivity index (χ0) is 10.6. The molecule has 1 rings (SSSR count). The predicted octanol–water partition coefficient (Wildman–Crippen LogP) is 2.15. The molecule has 0 bridgehead atoms. The third kappa shape index (κ3) is 2.18. The maximum absolute atomic E-state index is 6.19. The van der Waals surface area contributed by atoms with Gasteiger partial charge in [0.05, 0.1) is 0 Å². The summed E-state index contributed by atoms with van der Waals surface area (Å²) in [5.41, 5.74) is 6.36. The van der Waals surface area contributed by atoms with Crippen LogP contribution in [0.25, 0.3) is 0 Å². The minimum atomic E-state index is 0.107. The molecule has 1 aliphatic rings. The molecular formula is C12H24N2. The molecule has 0 spiro atoms. The van der Waals surface area contributed by atoms with Gasteiger partial charge in [0.15, 0.2) is 0 Å². The number of hydrogen-bond acceptors (Lipinski definition) is 2. The highest BCUT2D eigenvalue weighted by molar-refractivity contribution is 5.05. The van der Waals surface area contributed by atoms with Crippen LogP contribution in [0.4, 0.5) is 0 Å². The highest BCUT2D eigenvalue weighted by Crippen LogP contribution is 2.33. The molecule has 2 nitrogen and oxygen atoms in total. The molecule has 0 radical (unpaired) electrons. The summed E-state index contributed by atoms with van der Waals surface area (Å²) in [6, 6.07) is 0.107. The van der Waals surface area contributed by atoms with Crippen molar-refractivity contribution in [3.63, 3.8) is 0 Å². The van der Waals surface area contributed by atoms with Crippen molar-refractivity contribution in [2.24, 2.45) is 5.73 Å². The lowest BCUT2D eigenvalue weighted by Crippen LogP contribution is -2.56. The van der Waals surface area contributed by atoms with Gasteiger partial charge in [-0.15, -0.1) is 6.58 Å². The van der Waals surface area contributed by atoms with Crippen LogP contribution in [0.5, 0.6) is 0 Å². The number of hydrogen-bond donors (Lipinski definition) is 1. The summed E-state index contributed by atoms with van der Waals surface area (Å²) in [6.45, 7) is 3.84. The second-order valence-corrected chi connectivity index (χ2v) is 4.67. The fourth-order valence-corrected chi connectivity index (χ4v) is 2.64. The molecule has 1 fully saturated rings. The molecular weight excluding hydrogens is 172 g/mol. The van der Waals surface area contributed by atoms with Crippen molar-refractivity contribution in [1.82, 2.24) is 4.90 Å². The smallest absolute Gasteiger partial charge is 0.0408 e. The Hall–Kier alpha value is -0.340. The second kappa shape index (κ2) is 4.94. The van der Waals surface area contributed by atoms with Crippen LogP contribution in [-0.2, 0) is 0 Å². The summed E-state index contributed by atoms with van der Waals surface area (Å²) in [5, 5.41) is 0. The number of nitrogens with zero attached hydrogens (tertiary/aromatic N) is 1. The number of likely N-dealkylation sites (N-methyl/N-ethyl adjacent to an activating group) is 1. The van der Waals surface area contributed by atoms with Crippen LogP contribution in [0.15, 0.2) is 12.7 Å². The molecule has 1 unspecified atom stereocenters. The Morgan fingerprint density at radius 1 is 1.21 bits per heavy atom. The third-order valence-electron chi connectivity index (χ3n) is 3.73. The molecule has 0 saturated heterocycles. The van der Waals surface area contributed by atoms with Crippen molar-refractivity contribution in [2.75, 3.05) is 14.1 Å². The van der Waals surface area contributed by atoms with Crippen molar-refractivity contribution >= 4 is 0 Å². The lowest BCUT2D eigenvalue weighted by molar-refractivity contribution is 0.114. The van der Waals surface area contributed by atoms with Gasteiger partial charge in [0, 0.05) is 11.6 Å². The Morgan fingerprint density at radius 2 is 1.71 bits per heavy atom. The molecule has 0 aromatic heterocycles. The van der Waals surface area contributed by atoms with Crippen molar-refractivity contribution in [2.45, 2.75) is 50.1 Å². The van der Waals surface area contributed by atoms with Gasteiger partial charge in [-0.2, -0.15) is 0 Å². The Kier molecular flexibility index (Phi) is 4.14. The molecule has 0 aliphatic heterocycles.